The smallest absolute Gasteiger partial charge is 0.230 e. The van der Waals surface area contributed by atoms with Crippen molar-refractivity contribution in [2.45, 2.75) is 38.6 Å². The van der Waals surface area contributed by atoms with Crippen LogP contribution < -0.4 is 10.1 Å². The molecule has 2 aromatic rings. The number of ether oxygens (including phenoxy) is 2. The molecule has 0 radical (unpaired) electrons. The Balaban J connectivity index is 2.08. The number of nitrogens with zero attached hydrogens (tertiary/aromatic N) is 3. The first-order valence-electron chi connectivity index (χ1n) is 9.11. The van der Waals surface area contributed by atoms with Crippen molar-refractivity contribution >= 4 is 17.7 Å². The number of halogens is 1. The molecule has 0 spiro atoms. The normalized spacial score (nSPS) is 12.2. The molecule has 1 aromatic carbocycles. The molecular weight excluding hydrogens is 383 g/mol. The lowest BCUT2D eigenvalue weighted by molar-refractivity contribution is -0.118. The summed E-state index contributed by atoms with van der Waals surface area (Å²) in [5, 5.41) is 11.8. The maximum Gasteiger partial charge on any atom is 0.230 e. The molecule has 1 N–H and O–H groups in total. The summed E-state index contributed by atoms with van der Waals surface area (Å²) < 4.78 is 26.5. The summed E-state index contributed by atoms with van der Waals surface area (Å²) in [6.45, 7) is 7.17. The van der Waals surface area contributed by atoms with Crippen LogP contribution in [-0.2, 0) is 16.1 Å². The molecular formula is C19H27FN4O3S. The molecule has 154 valence electrons. The second-order valence-corrected chi connectivity index (χ2v) is 7.72. The number of aromatic nitrogens is 3. The van der Waals surface area contributed by atoms with Gasteiger partial charge in [0.25, 0.3) is 0 Å². The van der Waals surface area contributed by atoms with Crippen molar-refractivity contribution in [1.29, 1.82) is 0 Å². The summed E-state index contributed by atoms with van der Waals surface area (Å²) in [4.78, 5) is 12.0. The van der Waals surface area contributed by atoms with Gasteiger partial charge in [-0.2, -0.15) is 0 Å². The number of methoxy groups -OCH3 is 1. The second-order valence-electron chi connectivity index (χ2n) is 6.78. The molecule has 1 atom stereocenters. The van der Waals surface area contributed by atoms with Crippen molar-refractivity contribution in [2.24, 2.45) is 5.92 Å². The van der Waals surface area contributed by atoms with Crippen molar-refractivity contribution in [3.8, 4) is 5.75 Å². The molecule has 0 saturated heterocycles. The van der Waals surface area contributed by atoms with Crippen LogP contribution in [0.1, 0.15) is 32.6 Å². The summed E-state index contributed by atoms with van der Waals surface area (Å²) in [6, 6.07) is 6.13. The number of rotatable bonds is 11. The van der Waals surface area contributed by atoms with Gasteiger partial charge in [-0.15, -0.1) is 10.2 Å². The zero-order valence-corrected chi connectivity index (χ0v) is 17.5. The van der Waals surface area contributed by atoms with Crippen molar-refractivity contribution in [2.75, 3.05) is 26.0 Å². The number of thioether (sulfide) groups is 1. The molecule has 1 heterocycles. The van der Waals surface area contributed by atoms with Crippen LogP contribution in [0.25, 0.3) is 0 Å². The highest BCUT2D eigenvalue weighted by atomic mass is 32.2. The molecule has 1 aromatic heterocycles. The van der Waals surface area contributed by atoms with E-state index >= 15 is 0 Å². The fourth-order valence-electron chi connectivity index (χ4n) is 2.47. The molecule has 0 aliphatic carbocycles. The number of amides is 1. The minimum absolute atomic E-state index is 0.0576. The Bertz CT molecular complexity index is 769. The number of benzene rings is 1. The maximum absolute atomic E-state index is 13.8. The van der Waals surface area contributed by atoms with Crippen LogP contribution in [0.4, 0.5) is 4.39 Å². The average molecular weight is 411 g/mol. The molecule has 1 amide bonds. The number of carbonyl (C=O) groups excluding carboxylic acids is 1. The summed E-state index contributed by atoms with van der Waals surface area (Å²) in [5.74, 6) is 0.823. The summed E-state index contributed by atoms with van der Waals surface area (Å²) in [5.41, 5.74) is 0. The standard InChI is InChI=1S/C19H27FN4O3S/c1-13(2)9-21-18(25)12-28-19-23-22-17(24(19)14(3)10-26-4)11-27-16-8-6-5-7-15(16)20/h5-8,13-14H,9-12H2,1-4H3,(H,21,25)/t14-/m0/s1. The van der Waals surface area contributed by atoms with Crippen molar-refractivity contribution in [3.63, 3.8) is 0 Å². The van der Waals surface area contributed by atoms with E-state index in [4.69, 9.17) is 9.47 Å². The van der Waals surface area contributed by atoms with E-state index in [1.165, 1.54) is 17.8 Å². The number of carbonyl (C=O) groups is 1. The zero-order chi connectivity index (χ0) is 20.5. The molecule has 0 bridgehead atoms. The van der Waals surface area contributed by atoms with Gasteiger partial charge in [0.2, 0.25) is 5.91 Å². The highest BCUT2D eigenvalue weighted by Gasteiger charge is 2.19. The molecule has 0 unspecified atom stereocenters. The monoisotopic (exact) mass is 410 g/mol. The minimum atomic E-state index is -0.435. The second kappa shape index (κ2) is 11.0. The first-order chi connectivity index (χ1) is 13.4. The van der Waals surface area contributed by atoms with E-state index in [9.17, 15) is 9.18 Å². The van der Waals surface area contributed by atoms with Gasteiger partial charge in [0.1, 0.15) is 6.61 Å². The van der Waals surface area contributed by atoms with E-state index in [1.807, 2.05) is 25.3 Å². The summed E-state index contributed by atoms with van der Waals surface area (Å²) >= 11 is 1.30. The Morgan fingerprint density at radius 3 is 2.71 bits per heavy atom. The lowest BCUT2D eigenvalue weighted by Gasteiger charge is -2.17. The molecule has 0 saturated carbocycles. The van der Waals surface area contributed by atoms with Gasteiger partial charge >= 0.3 is 0 Å². The maximum atomic E-state index is 13.8. The van der Waals surface area contributed by atoms with Gasteiger partial charge in [-0.05, 0) is 25.0 Å². The van der Waals surface area contributed by atoms with E-state index in [0.29, 0.717) is 30.1 Å². The third kappa shape index (κ3) is 6.49. The third-order valence-corrected chi connectivity index (χ3v) is 4.76. The number of para-hydroxylation sites is 1. The van der Waals surface area contributed by atoms with E-state index < -0.39 is 5.82 Å². The third-order valence-electron chi connectivity index (χ3n) is 3.82. The van der Waals surface area contributed by atoms with Gasteiger partial charge in [-0.1, -0.05) is 37.7 Å². The first kappa shape index (κ1) is 22.2. The van der Waals surface area contributed by atoms with Crippen molar-refractivity contribution in [1.82, 2.24) is 20.1 Å². The van der Waals surface area contributed by atoms with Gasteiger partial charge in [0.15, 0.2) is 22.5 Å². The van der Waals surface area contributed by atoms with Gasteiger partial charge in [-0.25, -0.2) is 4.39 Å². The van der Waals surface area contributed by atoms with E-state index in [2.05, 4.69) is 15.5 Å². The topological polar surface area (TPSA) is 78.3 Å². The van der Waals surface area contributed by atoms with Crippen LogP contribution in [0.2, 0.25) is 0 Å². The van der Waals surface area contributed by atoms with Crippen LogP contribution in [0.3, 0.4) is 0 Å². The molecule has 0 aliphatic rings. The Kier molecular flexibility index (Phi) is 8.72. The van der Waals surface area contributed by atoms with Crippen LogP contribution in [0, 0.1) is 11.7 Å². The van der Waals surface area contributed by atoms with Gasteiger partial charge < -0.3 is 14.8 Å². The van der Waals surface area contributed by atoms with Crippen LogP contribution in [0.15, 0.2) is 29.4 Å². The van der Waals surface area contributed by atoms with Gasteiger partial charge in [0.05, 0.1) is 18.4 Å². The van der Waals surface area contributed by atoms with Crippen molar-refractivity contribution < 1.29 is 18.7 Å². The summed E-state index contributed by atoms with van der Waals surface area (Å²) in [7, 11) is 1.61. The molecule has 0 aliphatic heterocycles. The quantitative estimate of drug-likeness (QED) is 0.574. The van der Waals surface area contributed by atoms with Crippen molar-refractivity contribution in [3.05, 3.63) is 35.9 Å². The SMILES string of the molecule is COC[C@H](C)n1c(COc2ccccc2F)nnc1SCC(=O)NCC(C)C. The van der Waals surface area contributed by atoms with Crippen LogP contribution >= 0.6 is 11.8 Å². The van der Waals surface area contributed by atoms with E-state index in [-0.39, 0.29) is 30.1 Å². The molecule has 0 fully saturated rings. The number of hydrogen-bond donors (Lipinski definition) is 1. The van der Waals surface area contributed by atoms with Gasteiger partial charge in [-0.3, -0.25) is 9.36 Å². The Hall–Kier alpha value is -2.13. The number of nitrogens with one attached hydrogen (secondary N) is 1. The van der Waals surface area contributed by atoms with Crippen LogP contribution in [0.5, 0.6) is 5.75 Å². The predicted molar refractivity (Wildman–Crippen MR) is 106 cm³/mol. The first-order valence-corrected chi connectivity index (χ1v) is 10.1. The highest BCUT2D eigenvalue weighted by molar-refractivity contribution is 7.99. The zero-order valence-electron chi connectivity index (χ0n) is 16.6. The Morgan fingerprint density at radius 1 is 1.29 bits per heavy atom. The van der Waals surface area contributed by atoms with E-state index in [0.717, 1.165) is 0 Å². The fraction of sp³-hybridized carbons (Fsp3) is 0.526. The molecule has 7 nitrogen and oxygen atoms in total. The minimum Gasteiger partial charge on any atom is -0.483 e. The van der Waals surface area contributed by atoms with Crippen LogP contribution in [-0.4, -0.2) is 46.7 Å². The van der Waals surface area contributed by atoms with E-state index in [1.54, 1.807) is 25.3 Å². The summed E-state index contributed by atoms with van der Waals surface area (Å²) in [6.07, 6.45) is 0. The Labute approximate surface area is 169 Å². The molecule has 9 heteroatoms. The molecule has 28 heavy (non-hydrogen) atoms. The highest BCUT2D eigenvalue weighted by Crippen LogP contribution is 2.23. The lowest BCUT2D eigenvalue weighted by atomic mass is 10.2. The average Bonchev–Trinajstić information content (AvgIpc) is 3.07. The molecule has 2 rings (SSSR count). The number of hydrogen-bond acceptors (Lipinski definition) is 6. The largest absolute Gasteiger partial charge is 0.483 e. The predicted octanol–water partition coefficient (Wildman–Crippen LogP) is 3.07. The lowest BCUT2D eigenvalue weighted by Crippen LogP contribution is -2.29. The van der Waals surface area contributed by atoms with Gasteiger partial charge in [0, 0.05) is 13.7 Å². The Morgan fingerprint density at radius 2 is 2.04 bits per heavy atom. The fourth-order valence-corrected chi connectivity index (χ4v) is 3.35.